The van der Waals surface area contributed by atoms with Gasteiger partial charge in [0.05, 0.1) is 0 Å². The minimum Gasteiger partial charge on any atom is -0.480 e. The number of nitrogens with one attached hydrogen (secondary N) is 1. The molecule has 1 aliphatic carbocycles. The molecule has 0 radical (unpaired) electrons. The lowest BCUT2D eigenvalue weighted by Crippen LogP contribution is -2.31. The molecule has 112 valence electrons. The number of amides is 1. The van der Waals surface area contributed by atoms with Gasteiger partial charge in [-0.2, -0.15) is 0 Å². The van der Waals surface area contributed by atoms with E-state index in [1.807, 2.05) is 30.3 Å². The first-order valence-electron chi connectivity index (χ1n) is 6.98. The predicted molar refractivity (Wildman–Crippen MR) is 80.9 cm³/mol. The molecule has 0 saturated heterocycles. The van der Waals surface area contributed by atoms with E-state index in [2.05, 4.69) is 5.32 Å². The number of para-hydroxylation sites is 1. The number of carboxylic acids is 1. The first-order chi connectivity index (χ1) is 10.6. The van der Waals surface area contributed by atoms with Crippen molar-refractivity contribution in [1.29, 1.82) is 0 Å². The second-order valence-corrected chi connectivity index (χ2v) is 5.28. The number of hydrogen-bond acceptors (Lipinski definition) is 3. The van der Waals surface area contributed by atoms with Crippen LogP contribution in [0.5, 0.6) is 11.5 Å². The smallest absolute Gasteiger partial charge is 0.319 e. The molecule has 2 aromatic rings. The van der Waals surface area contributed by atoms with Gasteiger partial charge >= 0.3 is 5.97 Å². The van der Waals surface area contributed by atoms with Gasteiger partial charge in [0.15, 0.2) is 0 Å². The molecule has 0 aliphatic heterocycles. The van der Waals surface area contributed by atoms with Gasteiger partial charge in [-0.3, -0.25) is 9.59 Å². The highest BCUT2D eigenvalue weighted by Gasteiger charge is 2.57. The molecule has 0 bridgehead atoms. The molecule has 22 heavy (non-hydrogen) atoms. The van der Waals surface area contributed by atoms with E-state index in [0.29, 0.717) is 24.3 Å². The van der Waals surface area contributed by atoms with Crippen LogP contribution in [0.15, 0.2) is 54.6 Å². The van der Waals surface area contributed by atoms with Crippen molar-refractivity contribution in [3.63, 3.8) is 0 Å². The number of ether oxygens (including phenoxy) is 1. The standard InChI is InChI=1S/C17H15NO4/c19-15(17(10-11-17)16(20)21)18-12-6-8-14(9-7-12)22-13-4-2-1-3-5-13/h1-9H,10-11H2,(H,18,19)(H,20,21). The van der Waals surface area contributed by atoms with Gasteiger partial charge in [0.2, 0.25) is 5.91 Å². The van der Waals surface area contributed by atoms with Crippen molar-refractivity contribution in [3.8, 4) is 11.5 Å². The van der Waals surface area contributed by atoms with Crippen molar-refractivity contribution in [2.75, 3.05) is 5.32 Å². The molecule has 1 fully saturated rings. The first kappa shape index (κ1) is 14.1. The highest BCUT2D eigenvalue weighted by Crippen LogP contribution is 2.46. The number of carboxylic acid groups (broad SMARTS) is 1. The fraction of sp³-hybridized carbons (Fsp3) is 0.176. The lowest BCUT2D eigenvalue weighted by atomic mass is 10.1. The maximum Gasteiger partial charge on any atom is 0.319 e. The van der Waals surface area contributed by atoms with Crippen molar-refractivity contribution in [3.05, 3.63) is 54.6 Å². The molecule has 0 heterocycles. The Hall–Kier alpha value is -2.82. The Balaban J connectivity index is 1.65. The van der Waals surface area contributed by atoms with Gasteiger partial charge in [-0.15, -0.1) is 0 Å². The molecule has 1 aliphatic rings. The van der Waals surface area contributed by atoms with E-state index in [0.717, 1.165) is 5.75 Å². The van der Waals surface area contributed by atoms with Crippen LogP contribution in [0.25, 0.3) is 0 Å². The van der Waals surface area contributed by atoms with Crippen LogP contribution in [0, 0.1) is 5.41 Å². The van der Waals surface area contributed by atoms with Crippen molar-refractivity contribution in [2.45, 2.75) is 12.8 Å². The third-order valence-corrected chi connectivity index (χ3v) is 3.69. The van der Waals surface area contributed by atoms with E-state index in [1.54, 1.807) is 24.3 Å². The number of rotatable bonds is 5. The number of carbonyl (C=O) groups is 2. The fourth-order valence-corrected chi connectivity index (χ4v) is 2.14. The highest BCUT2D eigenvalue weighted by atomic mass is 16.5. The maximum atomic E-state index is 12.0. The van der Waals surface area contributed by atoms with Crippen molar-refractivity contribution < 1.29 is 19.4 Å². The van der Waals surface area contributed by atoms with Gasteiger partial charge in [-0.05, 0) is 49.2 Å². The molecule has 2 N–H and O–H groups in total. The second kappa shape index (κ2) is 5.52. The summed E-state index contributed by atoms with van der Waals surface area (Å²) in [6.45, 7) is 0. The average molecular weight is 297 g/mol. The van der Waals surface area contributed by atoms with E-state index in [-0.39, 0.29) is 0 Å². The summed E-state index contributed by atoms with van der Waals surface area (Å²) < 4.78 is 5.65. The monoisotopic (exact) mass is 297 g/mol. The van der Waals surface area contributed by atoms with Crippen molar-refractivity contribution in [1.82, 2.24) is 0 Å². The van der Waals surface area contributed by atoms with Crippen LogP contribution in [0.4, 0.5) is 5.69 Å². The van der Waals surface area contributed by atoms with Gasteiger partial charge in [-0.25, -0.2) is 0 Å². The Kier molecular flexibility index (Phi) is 3.55. The molecule has 0 unspecified atom stereocenters. The Morgan fingerprint density at radius 2 is 1.55 bits per heavy atom. The lowest BCUT2D eigenvalue weighted by Gasteiger charge is -2.11. The summed E-state index contributed by atoms with van der Waals surface area (Å²) in [6.07, 6.45) is 0.784. The summed E-state index contributed by atoms with van der Waals surface area (Å²) in [4.78, 5) is 23.1. The Morgan fingerprint density at radius 1 is 0.955 bits per heavy atom. The van der Waals surface area contributed by atoms with Crippen LogP contribution in [-0.2, 0) is 9.59 Å². The molecule has 2 aromatic carbocycles. The number of hydrogen-bond donors (Lipinski definition) is 2. The fourth-order valence-electron chi connectivity index (χ4n) is 2.14. The molecule has 0 aromatic heterocycles. The van der Waals surface area contributed by atoms with E-state index in [1.165, 1.54) is 0 Å². The van der Waals surface area contributed by atoms with Gasteiger partial charge in [-0.1, -0.05) is 18.2 Å². The Labute approximate surface area is 127 Å². The Bertz CT molecular complexity index is 690. The van der Waals surface area contributed by atoms with Crippen LogP contribution >= 0.6 is 0 Å². The molecule has 5 nitrogen and oxygen atoms in total. The van der Waals surface area contributed by atoms with E-state index < -0.39 is 17.3 Å². The minimum atomic E-state index is -1.24. The second-order valence-electron chi connectivity index (χ2n) is 5.28. The molecular weight excluding hydrogens is 282 g/mol. The number of benzene rings is 2. The quantitative estimate of drug-likeness (QED) is 0.830. The molecular formula is C17H15NO4. The summed E-state index contributed by atoms with van der Waals surface area (Å²) in [5.74, 6) is -0.156. The lowest BCUT2D eigenvalue weighted by molar-refractivity contribution is -0.147. The zero-order valence-corrected chi connectivity index (χ0v) is 11.8. The highest BCUT2D eigenvalue weighted by molar-refractivity contribution is 6.10. The average Bonchev–Trinajstić information content (AvgIpc) is 3.32. The molecule has 0 spiro atoms. The first-order valence-corrected chi connectivity index (χ1v) is 6.98. The van der Waals surface area contributed by atoms with E-state index in [4.69, 9.17) is 9.84 Å². The van der Waals surface area contributed by atoms with Crippen molar-refractivity contribution >= 4 is 17.6 Å². The molecule has 3 rings (SSSR count). The summed E-state index contributed by atoms with van der Waals surface area (Å²) in [7, 11) is 0. The zero-order valence-electron chi connectivity index (χ0n) is 11.8. The van der Waals surface area contributed by atoms with Gasteiger partial charge < -0.3 is 15.2 Å². The number of anilines is 1. The van der Waals surface area contributed by atoms with Crippen LogP contribution in [-0.4, -0.2) is 17.0 Å². The summed E-state index contributed by atoms with van der Waals surface area (Å²) in [5.41, 5.74) is -0.683. The maximum absolute atomic E-state index is 12.0. The van der Waals surface area contributed by atoms with Crippen LogP contribution in [0.1, 0.15) is 12.8 Å². The van der Waals surface area contributed by atoms with Gasteiger partial charge in [0.25, 0.3) is 0 Å². The number of carbonyl (C=O) groups excluding carboxylic acids is 1. The molecule has 1 saturated carbocycles. The normalized spacial score (nSPS) is 14.9. The third kappa shape index (κ3) is 2.79. The molecule has 1 amide bonds. The summed E-state index contributed by atoms with van der Waals surface area (Å²) in [6, 6.07) is 16.2. The largest absolute Gasteiger partial charge is 0.480 e. The summed E-state index contributed by atoms with van der Waals surface area (Å²) >= 11 is 0. The zero-order chi connectivity index (χ0) is 15.6. The summed E-state index contributed by atoms with van der Waals surface area (Å²) in [5, 5.41) is 11.7. The van der Waals surface area contributed by atoms with Crippen LogP contribution in [0.2, 0.25) is 0 Å². The molecule has 5 heteroatoms. The van der Waals surface area contributed by atoms with E-state index >= 15 is 0 Å². The van der Waals surface area contributed by atoms with Gasteiger partial charge in [0.1, 0.15) is 16.9 Å². The van der Waals surface area contributed by atoms with Crippen LogP contribution in [0.3, 0.4) is 0 Å². The SMILES string of the molecule is O=C(O)C1(C(=O)Nc2ccc(Oc3ccccc3)cc2)CC1. The minimum absolute atomic E-state index is 0.392. The van der Waals surface area contributed by atoms with Crippen molar-refractivity contribution in [2.24, 2.45) is 5.41 Å². The van der Waals surface area contributed by atoms with Gasteiger partial charge in [0, 0.05) is 5.69 Å². The van der Waals surface area contributed by atoms with E-state index in [9.17, 15) is 9.59 Å². The number of aliphatic carboxylic acids is 1. The van der Waals surface area contributed by atoms with Crippen LogP contribution < -0.4 is 10.1 Å². The molecule has 0 atom stereocenters. The topological polar surface area (TPSA) is 75.6 Å². The Morgan fingerprint density at radius 3 is 2.09 bits per heavy atom. The third-order valence-electron chi connectivity index (χ3n) is 3.69. The predicted octanol–water partition coefficient (Wildman–Crippen LogP) is 3.28.